The number of hydrogen-bond acceptors (Lipinski definition) is 2. The number of hydrogen-bond donors (Lipinski definition) is 1. The average Bonchev–Trinajstić information content (AvgIpc) is 2.48. The van der Waals surface area contributed by atoms with Gasteiger partial charge in [-0.25, -0.2) is 0 Å². The van der Waals surface area contributed by atoms with Crippen molar-refractivity contribution in [2.75, 3.05) is 6.61 Å². The van der Waals surface area contributed by atoms with E-state index in [9.17, 15) is 0 Å². The van der Waals surface area contributed by atoms with E-state index in [-0.39, 0.29) is 12.0 Å². The number of benzene rings is 2. The van der Waals surface area contributed by atoms with E-state index in [1.54, 1.807) is 0 Å². The standard InChI is InChI=1S/C18H23NO/c1-4-20-17-11-10-13(2)12-16(17)18(19)14(3)15-8-6-5-7-9-15/h5-12,14,18H,4,19H2,1-3H3. The summed E-state index contributed by atoms with van der Waals surface area (Å²) in [7, 11) is 0. The van der Waals surface area contributed by atoms with Crippen LogP contribution in [0.2, 0.25) is 0 Å². The SMILES string of the molecule is CCOc1ccc(C)cc1C(N)C(C)c1ccccc1. The molecule has 0 spiro atoms. The molecule has 2 unspecified atom stereocenters. The first-order chi connectivity index (χ1) is 9.63. The second kappa shape index (κ2) is 6.58. The van der Waals surface area contributed by atoms with E-state index in [4.69, 9.17) is 10.5 Å². The summed E-state index contributed by atoms with van der Waals surface area (Å²) in [6, 6.07) is 16.5. The number of ether oxygens (including phenoxy) is 1. The molecule has 20 heavy (non-hydrogen) atoms. The Labute approximate surface area is 121 Å². The monoisotopic (exact) mass is 269 g/mol. The lowest BCUT2D eigenvalue weighted by molar-refractivity contribution is 0.332. The third-order valence-electron chi connectivity index (χ3n) is 3.69. The van der Waals surface area contributed by atoms with Gasteiger partial charge in [-0.3, -0.25) is 0 Å². The van der Waals surface area contributed by atoms with Gasteiger partial charge in [-0.15, -0.1) is 0 Å². The van der Waals surface area contributed by atoms with Crippen molar-refractivity contribution in [1.82, 2.24) is 0 Å². The van der Waals surface area contributed by atoms with Crippen LogP contribution in [0.3, 0.4) is 0 Å². The van der Waals surface area contributed by atoms with E-state index in [1.807, 2.05) is 19.1 Å². The quantitative estimate of drug-likeness (QED) is 0.883. The fourth-order valence-electron chi connectivity index (χ4n) is 2.45. The molecule has 2 nitrogen and oxygen atoms in total. The predicted molar refractivity (Wildman–Crippen MR) is 84.1 cm³/mol. The van der Waals surface area contributed by atoms with Gasteiger partial charge >= 0.3 is 0 Å². The van der Waals surface area contributed by atoms with E-state index in [0.717, 1.165) is 11.3 Å². The minimum absolute atomic E-state index is 0.0705. The van der Waals surface area contributed by atoms with E-state index < -0.39 is 0 Å². The maximum Gasteiger partial charge on any atom is 0.124 e. The largest absolute Gasteiger partial charge is 0.494 e. The highest BCUT2D eigenvalue weighted by Gasteiger charge is 2.20. The zero-order valence-electron chi connectivity index (χ0n) is 12.5. The molecule has 0 radical (unpaired) electrons. The van der Waals surface area contributed by atoms with Crippen LogP contribution in [0.15, 0.2) is 48.5 Å². The molecule has 2 rings (SSSR count). The normalized spacial score (nSPS) is 13.8. The zero-order valence-corrected chi connectivity index (χ0v) is 12.5. The first kappa shape index (κ1) is 14.6. The molecule has 0 fully saturated rings. The van der Waals surface area contributed by atoms with Crippen molar-refractivity contribution < 1.29 is 4.74 Å². The first-order valence-corrected chi connectivity index (χ1v) is 7.17. The zero-order chi connectivity index (χ0) is 14.5. The summed E-state index contributed by atoms with van der Waals surface area (Å²) in [5.41, 5.74) is 10.0. The molecule has 2 aromatic carbocycles. The van der Waals surface area contributed by atoms with Crippen LogP contribution in [0, 0.1) is 6.92 Å². The molecular formula is C18H23NO. The molecule has 2 heteroatoms. The molecule has 2 aromatic rings. The fraction of sp³-hybridized carbons (Fsp3) is 0.333. The Hall–Kier alpha value is -1.80. The highest BCUT2D eigenvalue weighted by molar-refractivity contribution is 5.41. The maximum absolute atomic E-state index is 6.49. The van der Waals surface area contributed by atoms with Gasteiger partial charge in [-0.2, -0.15) is 0 Å². The van der Waals surface area contributed by atoms with Gasteiger partial charge in [0.05, 0.1) is 6.61 Å². The fourth-order valence-corrected chi connectivity index (χ4v) is 2.45. The van der Waals surface area contributed by atoms with Crippen LogP contribution in [0.1, 0.15) is 42.5 Å². The van der Waals surface area contributed by atoms with Crippen LogP contribution in [-0.2, 0) is 0 Å². The second-order valence-electron chi connectivity index (χ2n) is 5.20. The van der Waals surface area contributed by atoms with Gasteiger partial charge in [0, 0.05) is 17.5 Å². The van der Waals surface area contributed by atoms with E-state index in [0.29, 0.717) is 6.61 Å². The molecule has 2 atom stereocenters. The lowest BCUT2D eigenvalue weighted by Crippen LogP contribution is -2.19. The molecular weight excluding hydrogens is 246 g/mol. The highest BCUT2D eigenvalue weighted by Crippen LogP contribution is 2.34. The van der Waals surface area contributed by atoms with Crippen molar-refractivity contribution in [2.45, 2.75) is 32.7 Å². The van der Waals surface area contributed by atoms with Crippen molar-refractivity contribution in [1.29, 1.82) is 0 Å². The molecule has 0 saturated heterocycles. The summed E-state index contributed by atoms with van der Waals surface area (Å²) in [4.78, 5) is 0. The number of nitrogens with two attached hydrogens (primary N) is 1. The average molecular weight is 269 g/mol. The maximum atomic E-state index is 6.49. The van der Waals surface area contributed by atoms with Crippen LogP contribution in [-0.4, -0.2) is 6.61 Å². The minimum Gasteiger partial charge on any atom is -0.494 e. The molecule has 0 aliphatic heterocycles. The van der Waals surface area contributed by atoms with Crippen LogP contribution in [0.25, 0.3) is 0 Å². The van der Waals surface area contributed by atoms with Gasteiger partial charge in [0.25, 0.3) is 0 Å². The lowest BCUT2D eigenvalue weighted by atomic mass is 9.88. The lowest BCUT2D eigenvalue weighted by Gasteiger charge is -2.23. The summed E-state index contributed by atoms with van der Waals surface area (Å²) in [5.74, 6) is 1.14. The molecule has 0 amide bonds. The van der Waals surface area contributed by atoms with Crippen LogP contribution < -0.4 is 10.5 Å². The molecule has 0 aliphatic rings. The molecule has 2 N–H and O–H groups in total. The third kappa shape index (κ3) is 3.20. The Morgan fingerprint density at radius 2 is 1.80 bits per heavy atom. The molecule has 0 aliphatic carbocycles. The Morgan fingerprint density at radius 1 is 1.10 bits per heavy atom. The van der Waals surface area contributed by atoms with Crippen molar-refractivity contribution in [3.05, 3.63) is 65.2 Å². The highest BCUT2D eigenvalue weighted by atomic mass is 16.5. The molecule has 0 saturated carbocycles. The minimum atomic E-state index is -0.0705. The van der Waals surface area contributed by atoms with Gasteiger partial charge < -0.3 is 10.5 Å². The van der Waals surface area contributed by atoms with Gasteiger partial charge in [-0.05, 0) is 25.5 Å². The van der Waals surface area contributed by atoms with Crippen molar-refractivity contribution >= 4 is 0 Å². The topological polar surface area (TPSA) is 35.2 Å². The molecule has 0 bridgehead atoms. The molecule has 0 aromatic heterocycles. The Morgan fingerprint density at radius 3 is 2.45 bits per heavy atom. The Kier molecular flexibility index (Phi) is 4.80. The van der Waals surface area contributed by atoms with Crippen LogP contribution >= 0.6 is 0 Å². The van der Waals surface area contributed by atoms with E-state index in [1.165, 1.54) is 11.1 Å². The number of aryl methyl sites for hydroxylation is 1. The Balaban J connectivity index is 2.32. The summed E-state index contributed by atoms with van der Waals surface area (Å²) < 4.78 is 5.72. The summed E-state index contributed by atoms with van der Waals surface area (Å²) >= 11 is 0. The van der Waals surface area contributed by atoms with Crippen molar-refractivity contribution in [3.8, 4) is 5.75 Å². The molecule has 0 heterocycles. The summed E-state index contributed by atoms with van der Waals surface area (Å²) in [6.07, 6.45) is 0. The summed E-state index contributed by atoms with van der Waals surface area (Å²) in [5, 5.41) is 0. The van der Waals surface area contributed by atoms with Gasteiger partial charge in [0.2, 0.25) is 0 Å². The van der Waals surface area contributed by atoms with E-state index >= 15 is 0 Å². The van der Waals surface area contributed by atoms with Gasteiger partial charge in [-0.1, -0.05) is 55.0 Å². The number of rotatable bonds is 5. The van der Waals surface area contributed by atoms with Gasteiger partial charge in [0.1, 0.15) is 5.75 Å². The predicted octanol–water partition coefficient (Wildman–Crippen LogP) is 4.20. The summed E-state index contributed by atoms with van der Waals surface area (Å²) in [6.45, 7) is 6.90. The molecule has 106 valence electrons. The first-order valence-electron chi connectivity index (χ1n) is 7.17. The smallest absolute Gasteiger partial charge is 0.124 e. The second-order valence-corrected chi connectivity index (χ2v) is 5.20. The van der Waals surface area contributed by atoms with Crippen LogP contribution in [0.4, 0.5) is 0 Å². The van der Waals surface area contributed by atoms with Crippen molar-refractivity contribution in [3.63, 3.8) is 0 Å². The van der Waals surface area contributed by atoms with Crippen molar-refractivity contribution in [2.24, 2.45) is 5.73 Å². The van der Waals surface area contributed by atoms with Gasteiger partial charge in [0.15, 0.2) is 0 Å². The van der Waals surface area contributed by atoms with Crippen LogP contribution in [0.5, 0.6) is 5.75 Å². The van der Waals surface area contributed by atoms with E-state index in [2.05, 4.69) is 50.2 Å². The Bertz CT molecular complexity index is 551. The third-order valence-corrected chi connectivity index (χ3v) is 3.69.